The molecule has 0 aliphatic carbocycles. The third-order valence-electron chi connectivity index (χ3n) is 3.35. The first-order valence-electron chi connectivity index (χ1n) is 6.66. The average Bonchev–Trinajstić information content (AvgIpc) is 2.97. The molecule has 2 rings (SSSR count). The molecule has 0 spiro atoms. The Labute approximate surface area is 118 Å². The number of benzene rings is 1. The van der Waals surface area contributed by atoms with Crippen LogP contribution in [0.5, 0.6) is 0 Å². The monoisotopic (exact) mass is 273 g/mol. The van der Waals surface area contributed by atoms with E-state index in [4.69, 9.17) is 4.42 Å². The summed E-state index contributed by atoms with van der Waals surface area (Å²) in [6.07, 6.45) is 0.739. The number of nitrogens with one attached hydrogen (secondary N) is 1. The SMILES string of the molecule is CCc1ccc(C(=O)NC(C)(CO)c2ccccc2)o1. The number of furan rings is 1. The molecule has 2 aromatic rings. The first kappa shape index (κ1) is 14.3. The van der Waals surface area contributed by atoms with Crippen LogP contribution in [-0.2, 0) is 12.0 Å². The van der Waals surface area contributed by atoms with Crippen LogP contribution in [0.3, 0.4) is 0 Å². The molecule has 2 N–H and O–H groups in total. The normalized spacial score (nSPS) is 13.8. The van der Waals surface area contributed by atoms with Crippen molar-refractivity contribution in [3.8, 4) is 0 Å². The molecule has 0 fully saturated rings. The van der Waals surface area contributed by atoms with Crippen LogP contribution in [-0.4, -0.2) is 17.6 Å². The Hall–Kier alpha value is -2.07. The van der Waals surface area contributed by atoms with E-state index in [2.05, 4.69) is 5.32 Å². The fraction of sp³-hybridized carbons (Fsp3) is 0.312. The first-order chi connectivity index (χ1) is 9.59. The summed E-state index contributed by atoms with van der Waals surface area (Å²) in [5, 5.41) is 12.5. The number of aryl methyl sites for hydroxylation is 1. The van der Waals surface area contributed by atoms with Crippen molar-refractivity contribution in [1.82, 2.24) is 5.32 Å². The van der Waals surface area contributed by atoms with Crippen LogP contribution in [0.1, 0.15) is 35.7 Å². The Morgan fingerprint density at radius 3 is 2.50 bits per heavy atom. The van der Waals surface area contributed by atoms with Gasteiger partial charge in [0, 0.05) is 6.42 Å². The summed E-state index contributed by atoms with van der Waals surface area (Å²) in [6, 6.07) is 12.8. The highest BCUT2D eigenvalue weighted by molar-refractivity contribution is 5.92. The van der Waals surface area contributed by atoms with E-state index in [-0.39, 0.29) is 18.3 Å². The Balaban J connectivity index is 2.19. The zero-order chi connectivity index (χ0) is 14.6. The zero-order valence-corrected chi connectivity index (χ0v) is 11.7. The van der Waals surface area contributed by atoms with Gasteiger partial charge in [0.1, 0.15) is 5.76 Å². The molecule has 0 aliphatic rings. The molecule has 0 saturated carbocycles. The minimum atomic E-state index is -0.836. The van der Waals surface area contributed by atoms with Crippen LogP contribution in [0.15, 0.2) is 46.9 Å². The van der Waals surface area contributed by atoms with Gasteiger partial charge in [0.25, 0.3) is 5.91 Å². The number of amides is 1. The van der Waals surface area contributed by atoms with Gasteiger partial charge in [-0.25, -0.2) is 0 Å². The Bertz CT molecular complexity index is 576. The molecule has 1 aromatic heterocycles. The van der Waals surface area contributed by atoms with E-state index in [9.17, 15) is 9.90 Å². The number of hydrogen-bond acceptors (Lipinski definition) is 3. The number of aliphatic hydroxyl groups excluding tert-OH is 1. The summed E-state index contributed by atoms with van der Waals surface area (Å²) in [7, 11) is 0. The number of aliphatic hydroxyl groups is 1. The Morgan fingerprint density at radius 1 is 1.25 bits per heavy atom. The standard InChI is InChI=1S/C16H19NO3/c1-3-13-9-10-14(20-13)15(19)17-16(2,11-18)12-7-5-4-6-8-12/h4-10,18H,3,11H2,1-2H3,(H,17,19). The molecule has 20 heavy (non-hydrogen) atoms. The summed E-state index contributed by atoms with van der Waals surface area (Å²) in [5.74, 6) is 0.697. The molecule has 1 heterocycles. The van der Waals surface area contributed by atoms with Crippen molar-refractivity contribution in [2.24, 2.45) is 0 Å². The molecule has 1 aromatic carbocycles. The third-order valence-corrected chi connectivity index (χ3v) is 3.35. The van der Waals surface area contributed by atoms with Crippen LogP contribution < -0.4 is 5.32 Å². The van der Waals surface area contributed by atoms with Gasteiger partial charge in [0.05, 0.1) is 12.1 Å². The molecule has 4 heteroatoms. The molecule has 0 radical (unpaired) electrons. The molecular weight excluding hydrogens is 254 g/mol. The van der Waals surface area contributed by atoms with Crippen molar-refractivity contribution in [2.45, 2.75) is 25.8 Å². The van der Waals surface area contributed by atoms with Crippen LogP contribution in [0.25, 0.3) is 0 Å². The lowest BCUT2D eigenvalue weighted by atomic mass is 9.93. The molecular formula is C16H19NO3. The predicted octanol–water partition coefficient (Wildman–Crippen LogP) is 2.48. The van der Waals surface area contributed by atoms with Gasteiger partial charge in [-0.15, -0.1) is 0 Å². The topological polar surface area (TPSA) is 62.5 Å². The number of hydrogen-bond donors (Lipinski definition) is 2. The quantitative estimate of drug-likeness (QED) is 0.879. The summed E-state index contributed by atoms with van der Waals surface area (Å²) >= 11 is 0. The summed E-state index contributed by atoms with van der Waals surface area (Å²) in [5.41, 5.74) is 0.00968. The fourth-order valence-corrected chi connectivity index (χ4v) is 2.01. The molecule has 1 atom stereocenters. The van der Waals surface area contributed by atoms with Gasteiger partial charge in [-0.1, -0.05) is 37.3 Å². The van der Waals surface area contributed by atoms with E-state index < -0.39 is 5.54 Å². The van der Waals surface area contributed by atoms with Gasteiger partial charge >= 0.3 is 0 Å². The van der Waals surface area contributed by atoms with Crippen molar-refractivity contribution >= 4 is 5.91 Å². The van der Waals surface area contributed by atoms with Crippen LogP contribution in [0.4, 0.5) is 0 Å². The number of carbonyl (C=O) groups is 1. The van der Waals surface area contributed by atoms with Gasteiger partial charge in [0.15, 0.2) is 5.76 Å². The van der Waals surface area contributed by atoms with Crippen molar-refractivity contribution in [1.29, 1.82) is 0 Å². The largest absolute Gasteiger partial charge is 0.456 e. The highest BCUT2D eigenvalue weighted by atomic mass is 16.3. The Kier molecular flexibility index (Phi) is 4.25. The van der Waals surface area contributed by atoms with Crippen LogP contribution in [0.2, 0.25) is 0 Å². The summed E-state index contributed by atoms with van der Waals surface area (Å²) < 4.78 is 5.43. The van der Waals surface area contributed by atoms with Gasteiger partial charge < -0.3 is 14.8 Å². The minimum absolute atomic E-state index is 0.190. The Morgan fingerprint density at radius 2 is 1.95 bits per heavy atom. The smallest absolute Gasteiger partial charge is 0.287 e. The first-order valence-corrected chi connectivity index (χ1v) is 6.66. The van der Waals surface area contributed by atoms with E-state index in [1.807, 2.05) is 37.3 Å². The minimum Gasteiger partial charge on any atom is -0.456 e. The molecule has 4 nitrogen and oxygen atoms in total. The van der Waals surface area contributed by atoms with Crippen molar-refractivity contribution < 1.29 is 14.3 Å². The third kappa shape index (κ3) is 2.91. The lowest BCUT2D eigenvalue weighted by Crippen LogP contribution is -2.46. The molecule has 0 aliphatic heterocycles. The number of carbonyl (C=O) groups excluding carboxylic acids is 1. The average molecular weight is 273 g/mol. The molecule has 106 valence electrons. The fourth-order valence-electron chi connectivity index (χ4n) is 2.01. The van der Waals surface area contributed by atoms with Crippen molar-refractivity contribution in [2.75, 3.05) is 6.61 Å². The van der Waals surface area contributed by atoms with Crippen LogP contribution in [0, 0.1) is 0 Å². The van der Waals surface area contributed by atoms with E-state index >= 15 is 0 Å². The molecule has 0 bridgehead atoms. The predicted molar refractivity (Wildman–Crippen MR) is 76.4 cm³/mol. The summed E-state index contributed by atoms with van der Waals surface area (Å²) in [6.45, 7) is 3.55. The van der Waals surface area contributed by atoms with Gasteiger partial charge in [-0.3, -0.25) is 4.79 Å². The number of rotatable bonds is 5. The molecule has 0 saturated heterocycles. The maximum Gasteiger partial charge on any atom is 0.287 e. The maximum atomic E-state index is 12.2. The van der Waals surface area contributed by atoms with Gasteiger partial charge in [0.2, 0.25) is 0 Å². The van der Waals surface area contributed by atoms with E-state index in [1.165, 1.54) is 0 Å². The van der Waals surface area contributed by atoms with Gasteiger partial charge in [-0.05, 0) is 24.6 Å². The lowest BCUT2D eigenvalue weighted by Gasteiger charge is -2.28. The highest BCUT2D eigenvalue weighted by Gasteiger charge is 2.29. The van der Waals surface area contributed by atoms with Crippen molar-refractivity contribution in [3.05, 3.63) is 59.5 Å². The van der Waals surface area contributed by atoms with Crippen molar-refractivity contribution in [3.63, 3.8) is 0 Å². The second-order valence-corrected chi connectivity index (χ2v) is 4.93. The van der Waals surface area contributed by atoms with E-state index in [1.54, 1.807) is 19.1 Å². The van der Waals surface area contributed by atoms with E-state index in [0.29, 0.717) is 0 Å². The van der Waals surface area contributed by atoms with Crippen LogP contribution >= 0.6 is 0 Å². The summed E-state index contributed by atoms with van der Waals surface area (Å²) in [4.78, 5) is 12.2. The zero-order valence-electron chi connectivity index (χ0n) is 11.7. The second kappa shape index (κ2) is 5.92. The molecule has 1 unspecified atom stereocenters. The highest BCUT2D eigenvalue weighted by Crippen LogP contribution is 2.21. The lowest BCUT2D eigenvalue weighted by molar-refractivity contribution is 0.0820. The second-order valence-electron chi connectivity index (χ2n) is 4.93. The van der Waals surface area contributed by atoms with Gasteiger partial charge in [-0.2, -0.15) is 0 Å². The van der Waals surface area contributed by atoms with E-state index in [0.717, 1.165) is 17.7 Å². The maximum absolute atomic E-state index is 12.2. The molecule has 1 amide bonds.